The van der Waals surface area contributed by atoms with Gasteiger partial charge in [-0.25, -0.2) is 23.7 Å². The summed E-state index contributed by atoms with van der Waals surface area (Å²) in [6.45, 7) is 2.86. The molecule has 158 valence electrons. The molecule has 3 aromatic rings. The maximum Gasteiger partial charge on any atom is 0.272 e. The normalized spacial score (nSPS) is 17.6. The molecule has 0 unspecified atom stereocenters. The predicted octanol–water partition coefficient (Wildman–Crippen LogP) is 4.17. The van der Waals surface area contributed by atoms with Crippen molar-refractivity contribution in [2.45, 2.75) is 26.2 Å². The summed E-state index contributed by atoms with van der Waals surface area (Å²) >= 11 is 0. The van der Waals surface area contributed by atoms with Crippen molar-refractivity contribution < 1.29 is 13.6 Å². The summed E-state index contributed by atoms with van der Waals surface area (Å²) in [6, 6.07) is 4.54. The third-order valence-electron chi connectivity index (χ3n) is 5.30. The van der Waals surface area contributed by atoms with Gasteiger partial charge in [-0.15, -0.1) is 0 Å². The Labute approximate surface area is 178 Å². The number of alkyl halides is 2. The Morgan fingerprint density at radius 2 is 1.90 bits per heavy atom. The smallest absolute Gasteiger partial charge is 0.272 e. The van der Waals surface area contributed by atoms with Crippen LogP contribution < -0.4 is 10.6 Å². The molecule has 31 heavy (non-hydrogen) atoms. The molecule has 0 saturated heterocycles. The predicted molar refractivity (Wildman–Crippen MR) is 115 cm³/mol. The van der Waals surface area contributed by atoms with Crippen LogP contribution in [0.3, 0.4) is 0 Å². The van der Waals surface area contributed by atoms with Gasteiger partial charge in [0.1, 0.15) is 17.3 Å². The Morgan fingerprint density at radius 3 is 2.52 bits per heavy atom. The summed E-state index contributed by atoms with van der Waals surface area (Å²) in [5.41, 5.74) is 0.808. The van der Waals surface area contributed by atoms with Gasteiger partial charge in [0.2, 0.25) is 5.91 Å². The molecule has 6 nitrogen and oxygen atoms in total. The van der Waals surface area contributed by atoms with E-state index in [9.17, 15) is 13.6 Å². The van der Waals surface area contributed by atoms with Gasteiger partial charge in [-0.3, -0.25) is 4.79 Å². The maximum atomic E-state index is 13.4. The molecule has 1 aliphatic rings. The molecule has 8 heteroatoms. The summed E-state index contributed by atoms with van der Waals surface area (Å²) < 4.78 is 26.7. The topological polar surface area (TPSA) is 79.8 Å². The molecule has 0 aliphatic heterocycles. The largest absolute Gasteiger partial charge is 0.373 e. The van der Waals surface area contributed by atoms with Gasteiger partial charge in [0.05, 0.1) is 5.56 Å². The molecule has 1 amide bonds. The number of anilines is 2. The molecular formula is C23H21F2N5O. The van der Waals surface area contributed by atoms with Crippen LogP contribution in [0.4, 0.5) is 20.4 Å². The van der Waals surface area contributed by atoms with Crippen LogP contribution in [0.5, 0.6) is 0 Å². The second kappa shape index (κ2) is 7.91. The van der Waals surface area contributed by atoms with Gasteiger partial charge in [0.15, 0.2) is 0 Å². The first-order valence-corrected chi connectivity index (χ1v) is 9.90. The molecule has 0 spiro atoms. The lowest BCUT2D eigenvalue weighted by Gasteiger charge is -2.09. The van der Waals surface area contributed by atoms with Crippen LogP contribution >= 0.6 is 0 Å². The first-order valence-electron chi connectivity index (χ1n) is 9.90. The number of hydrogen-bond donors (Lipinski definition) is 2. The van der Waals surface area contributed by atoms with Crippen LogP contribution in [-0.4, -0.2) is 27.9 Å². The quantitative estimate of drug-likeness (QED) is 0.618. The van der Waals surface area contributed by atoms with E-state index in [1.807, 2.05) is 6.92 Å². The van der Waals surface area contributed by atoms with E-state index in [0.717, 1.165) is 30.3 Å². The van der Waals surface area contributed by atoms with Crippen LogP contribution in [0.1, 0.15) is 37.1 Å². The molecule has 0 bridgehead atoms. The van der Waals surface area contributed by atoms with Crippen molar-refractivity contribution in [2.75, 3.05) is 17.7 Å². The Morgan fingerprint density at radius 1 is 1.13 bits per heavy atom. The van der Waals surface area contributed by atoms with E-state index in [0.29, 0.717) is 28.8 Å². The fourth-order valence-corrected chi connectivity index (χ4v) is 3.27. The number of pyridine rings is 3. The van der Waals surface area contributed by atoms with Gasteiger partial charge in [-0.05, 0) is 36.5 Å². The Balaban J connectivity index is 1.68. The number of rotatable bonds is 4. The van der Waals surface area contributed by atoms with E-state index >= 15 is 0 Å². The van der Waals surface area contributed by atoms with Crippen LogP contribution in [0.2, 0.25) is 0 Å². The van der Waals surface area contributed by atoms with Gasteiger partial charge in [0, 0.05) is 54.8 Å². The SMILES string of the molecule is CNc1ncc(C#Cc2ccc(C(C)(F)F)cn2)c2cc(NC(=O)[C@H]3C[C@H]3C)ncc12. The molecule has 0 aromatic carbocycles. The van der Waals surface area contributed by atoms with Crippen molar-refractivity contribution in [3.05, 3.63) is 53.6 Å². The fraction of sp³-hybridized carbons (Fsp3) is 0.304. The van der Waals surface area contributed by atoms with Crippen molar-refractivity contribution in [2.24, 2.45) is 11.8 Å². The van der Waals surface area contributed by atoms with E-state index in [1.54, 1.807) is 25.5 Å². The minimum absolute atomic E-state index is 0.0339. The summed E-state index contributed by atoms with van der Waals surface area (Å²) in [6.07, 6.45) is 5.27. The summed E-state index contributed by atoms with van der Waals surface area (Å²) in [5.74, 6) is 4.42. The highest BCUT2D eigenvalue weighted by atomic mass is 19.3. The highest BCUT2D eigenvalue weighted by molar-refractivity contribution is 5.99. The standard InChI is InChI=1S/C23H21F2N5O/c1-13-8-17(13)22(31)30-20-9-18-14(10-29-21(26-3)19(18)12-28-20)4-6-16-7-5-15(11-27-16)23(2,24)25/h5,7,9-13,17H,8H2,1-3H3,(H,26,29)(H,28,30,31)/t13-,17+/m1/s1. The summed E-state index contributed by atoms with van der Waals surface area (Å²) in [4.78, 5) is 25.0. The van der Waals surface area contributed by atoms with Gasteiger partial charge in [-0.1, -0.05) is 12.8 Å². The van der Waals surface area contributed by atoms with Crippen molar-refractivity contribution in [1.82, 2.24) is 15.0 Å². The van der Waals surface area contributed by atoms with Gasteiger partial charge < -0.3 is 10.6 Å². The first-order chi connectivity index (χ1) is 14.8. The third kappa shape index (κ3) is 4.45. The zero-order valence-electron chi connectivity index (χ0n) is 17.3. The lowest BCUT2D eigenvalue weighted by atomic mass is 10.1. The van der Waals surface area contributed by atoms with E-state index in [1.165, 1.54) is 12.1 Å². The average molecular weight is 421 g/mol. The second-order valence-electron chi connectivity index (χ2n) is 7.76. The molecule has 4 rings (SSSR count). The molecule has 0 radical (unpaired) electrons. The Hall–Kier alpha value is -3.60. The van der Waals surface area contributed by atoms with Crippen LogP contribution in [-0.2, 0) is 10.7 Å². The Kier molecular flexibility index (Phi) is 5.27. The van der Waals surface area contributed by atoms with E-state index in [-0.39, 0.29) is 17.4 Å². The van der Waals surface area contributed by atoms with Crippen molar-refractivity contribution in [1.29, 1.82) is 0 Å². The van der Waals surface area contributed by atoms with Crippen molar-refractivity contribution >= 4 is 28.3 Å². The van der Waals surface area contributed by atoms with Crippen LogP contribution in [0.15, 0.2) is 36.8 Å². The lowest BCUT2D eigenvalue weighted by Crippen LogP contribution is -2.15. The number of fused-ring (bicyclic) bond motifs is 1. The maximum absolute atomic E-state index is 13.4. The number of aromatic nitrogens is 3. The molecule has 2 N–H and O–H groups in total. The average Bonchev–Trinajstić information content (AvgIpc) is 3.48. The third-order valence-corrected chi connectivity index (χ3v) is 5.30. The molecule has 2 atom stereocenters. The highest BCUT2D eigenvalue weighted by Crippen LogP contribution is 2.38. The van der Waals surface area contributed by atoms with Gasteiger partial charge >= 0.3 is 0 Å². The number of amides is 1. The monoisotopic (exact) mass is 421 g/mol. The van der Waals surface area contributed by atoms with Gasteiger partial charge in [-0.2, -0.15) is 0 Å². The number of hydrogen-bond acceptors (Lipinski definition) is 5. The van der Waals surface area contributed by atoms with E-state index in [4.69, 9.17) is 0 Å². The van der Waals surface area contributed by atoms with E-state index < -0.39 is 5.92 Å². The fourth-order valence-electron chi connectivity index (χ4n) is 3.27. The second-order valence-corrected chi connectivity index (χ2v) is 7.76. The first kappa shape index (κ1) is 20.7. The van der Waals surface area contributed by atoms with Crippen LogP contribution in [0.25, 0.3) is 10.8 Å². The molecule has 1 fully saturated rings. The highest BCUT2D eigenvalue weighted by Gasteiger charge is 2.39. The van der Waals surface area contributed by atoms with Crippen LogP contribution in [0, 0.1) is 23.7 Å². The number of nitrogens with zero attached hydrogens (tertiary/aromatic N) is 3. The molecule has 1 saturated carbocycles. The molecule has 1 aliphatic carbocycles. The van der Waals surface area contributed by atoms with Crippen molar-refractivity contribution in [3.8, 4) is 11.8 Å². The van der Waals surface area contributed by atoms with Crippen molar-refractivity contribution in [3.63, 3.8) is 0 Å². The zero-order chi connectivity index (χ0) is 22.2. The number of nitrogens with one attached hydrogen (secondary N) is 2. The lowest BCUT2D eigenvalue weighted by molar-refractivity contribution is -0.117. The zero-order valence-corrected chi connectivity index (χ0v) is 17.3. The minimum atomic E-state index is -2.95. The number of carbonyl (C=O) groups is 1. The minimum Gasteiger partial charge on any atom is -0.373 e. The number of carbonyl (C=O) groups excluding carboxylic acids is 1. The summed E-state index contributed by atoms with van der Waals surface area (Å²) in [7, 11) is 1.76. The van der Waals surface area contributed by atoms with E-state index in [2.05, 4.69) is 37.4 Å². The summed E-state index contributed by atoms with van der Waals surface area (Å²) in [5, 5.41) is 7.39. The van der Waals surface area contributed by atoms with Gasteiger partial charge in [0.25, 0.3) is 5.92 Å². The molecule has 3 heterocycles. The molecule has 3 aromatic heterocycles. The molecular weight excluding hydrogens is 400 g/mol. The number of halogens is 2. The Bertz CT molecular complexity index is 1210.